The first-order chi connectivity index (χ1) is 6.52. The van der Waals surface area contributed by atoms with E-state index in [2.05, 4.69) is 0 Å². The van der Waals surface area contributed by atoms with Crippen LogP contribution in [0.5, 0.6) is 0 Å². The molecule has 0 heterocycles. The third-order valence-corrected chi connectivity index (χ3v) is 2.19. The lowest BCUT2D eigenvalue weighted by molar-refractivity contribution is -0.142. The minimum Gasteiger partial charge on any atom is -0.480 e. The first kappa shape index (κ1) is 11.0. The molecule has 0 aromatic heterocycles. The summed E-state index contributed by atoms with van der Waals surface area (Å²) in [7, 11) is 3.46. The first-order valence-corrected chi connectivity index (χ1v) is 4.55. The number of carbonyl (C=O) groups is 1. The van der Waals surface area contributed by atoms with E-state index in [4.69, 9.17) is 16.7 Å². The zero-order valence-electron chi connectivity index (χ0n) is 8.07. The lowest BCUT2D eigenvalue weighted by Gasteiger charge is -2.20. The fourth-order valence-corrected chi connectivity index (χ4v) is 1.43. The van der Waals surface area contributed by atoms with Crippen LogP contribution < -0.4 is 0 Å². The Balaban J connectivity index is 3.00. The van der Waals surface area contributed by atoms with E-state index in [1.807, 2.05) is 0 Å². The molecular weight excluding hydrogens is 202 g/mol. The Hall–Kier alpha value is -1.06. The summed E-state index contributed by atoms with van der Waals surface area (Å²) in [5.41, 5.74) is 0.729. The molecule has 4 heteroatoms. The molecule has 1 N–H and O–H groups in total. The van der Waals surface area contributed by atoms with E-state index in [1.165, 1.54) is 0 Å². The number of hydrogen-bond acceptors (Lipinski definition) is 2. The van der Waals surface area contributed by atoms with Gasteiger partial charge in [-0.25, -0.2) is 0 Å². The molecule has 3 nitrogen and oxygen atoms in total. The van der Waals surface area contributed by atoms with Crippen LogP contribution in [0.1, 0.15) is 11.6 Å². The second kappa shape index (κ2) is 4.44. The molecule has 1 aromatic rings. The largest absolute Gasteiger partial charge is 0.480 e. The van der Waals surface area contributed by atoms with Crippen LogP contribution in [0.3, 0.4) is 0 Å². The van der Waals surface area contributed by atoms with Gasteiger partial charge in [0.25, 0.3) is 0 Å². The first-order valence-electron chi connectivity index (χ1n) is 4.17. The maximum atomic E-state index is 11.0. The molecular formula is C10H12ClNO2. The Morgan fingerprint density at radius 1 is 1.36 bits per heavy atom. The molecule has 76 valence electrons. The monoisotopic (exact) mass is 213 g/mol. The third kappa shape index (κ3) is 2.47. The number of carboxylic acids is 1. The molecule has 0 bridgehead atoms. The van der Waals surface area contributed by atoms with Crippen molar-refractivity contribution in [3.05, 3.63) is 34.9 Å². The number of likely N-dealkylation sites (N-methyl/N-ethyl adjacent to an activating group) is 1. The molecule has 0 saturated heterocycles. The summed E-state index contributed by atoms with van der Waals surface area (Å²) in [4.78, 5) is 12.6. The van der Waals surface area contributed by atoms with E-state index < -0.39 is 12.0 Å². The summed E-state index contributed by atoms with van der Waals surface area (Å²) in [5.74, 6) is -0.864. The van der Waals surface area contributed by atoms with Crippen molar-refractivity contribution in [1.29, 1.82) is 0 Å². The minimum absolute atomic E-state index is 0.608. The van der Waals surface area contributed by atoms with E-state index in [9.17, 15) is 4.79 Å². The van der Waals surface area contributed by atoms with Crippen molar-refractivity contribution < 1.29 is 9.90 Å². The summed E-state index contributed by atoms with van der Waals surface area (Å²) < 4.78 is 0. The van der Waals surface area contributed by atoms with Crippen LogP contribution in [0, 0.1) is 0 Å². The Kier molecular flexibility index (Phi) is 3.49. The van der Waals surface area contributed by atoms with Gasteiger partial charge in [-0.1, -0.05) is 23.7 Å². The van der Waals surface area contributed by atoms with Gasteiger partial charge in [-0.05, 0) is 31.8 Å². The zero-order valence-corrected chi connectivity index (χ0v) is 8.82. The molecule has 0 spiro atoms. The van der Waals surface area contributed by atoms with E-state index in [-0.39, 0.29) is 0 Å². The average Bonchev–Trinajstić information content (AvgIpc) is 2.07. The highest BCUT2D eigenvalue weighted by Gasteiger charge is 2.21. The predicted molar refractivity (Wildman–Crippen MR) is 55.5 cm³/mol. The average molecular weight is 214 g/mol. The van der Waals surface area contributed by atoms with Crippen molar-refractivity contribution in [1.82, 2.24) is 4.90 Å². The summed E-state index contributed by atoms with van der Waals surface area (Å²) >= 11 is 5.71. The SMILES string of the molecule is CN(C)C(C(=O)O)c1ccc(Cl)cc1. The molecule has 0 saturated carbocycles. The van der Waals surface area contributed by atoms with Gasteiger partial charge in [-0.15, -0.1) is 0 Å². The van der Waals surface area contributed by atoms with Crippen LogP contribution >= 0.6 is 11.6 Å². The molecule has 1 aromatic carbocycles. The topological polar surface area (TPSA) is 40.5 Å². The fourth-order valence-electron chi connectivity index (χ4n) is 1.31. The number of aliphatic carboxylic acids is 1. The van der Waals surface area contributed by atoms with Crippen molar-refractivity contribution in [3.63, 3.8) is 0 Å². The van der Waals surface area contributed by atoms with Gasteiger partial charge in [0.15, 0.2) is 0 Å². The highest BCUT2D eigenvalue weighted by atomic mass is 35.5. The number of halogens is 1. The highest BCUT2D eigenvalue weighted by molar-refractivity contribution is 6.30. The molecule has 1 unspecified atom stereocenters. The molecule has 0 radical (unpaired) electrons. The van der Waals surface area contributed by atoms with Gasteiger partial charge in [0, 0.05) is 5.02 Å². The van der Waals surface area contributed by atoms with Crippen LogP contribution in [-0.4, -0.2) is 30.1 Å². The molecule has 1 rings (SSSR count). The van der Waals surface area contributed by atoms with Gasteiger partial charge in [0.1, 0.15) is 6.04 Å². The minimum atomic E-state index is -0.864. The van der Waals surface area contributed by atoms with Crippen molar-refractivity contribution in [3.8, 4) is 0 Å². The Morgan fingerprint density at radius 2 is 1.86 bits per heavy atom. The van der Waals surface area contributed by atoms with Crippen LogP contribution in [0.25, 0.3) is 0 Å². The second-order valence-corrected chi connectivity index (χ2v) is 3.69. The maximum absolute atomic E-state index is 11.0. The summed E-state index contributed by atoms with van der Waals surface area (Å²) in [6.07, 6.45) is 0. The normalized spacial score (nSPS) is 12.9. The van der Waals surface area contributed by atoms with Crippen LogP contribution in [-0.2, 0) is 4.79 Å². The van der Waals surface area contributed by atoms with Gasteiger partial charge in [-0.2, -0.15) is 0 Å². The van der Waals surface area contributed by atoms with Gasteiger partial charge >= 0.3 is 5.97 Å². The summed E-state index contributed by atoms with van der Waals surface area (Å²) in [6, 6.07) is 6.21. The molecule has 0 aliphatic heterocycles. The number of hydrogen-bond donors (Lipinski definition) is 1. The van der Waals surface area contributed by atoms with Gasteiger partial charge in [0.2, 0.25) is 0 Å². The van der Waals surface area contributed by atoms with Crippen molar-refractivity contribution in [2.75, 3.05) is 14.1 Å². The van der Waals surface area contributed by atoms with E-state index in [1.54, 1.807) is 43.3 Å². The number of carboxylic acid groups (broad SMARTS) is 1. The predicted octanol–water partition coefficient (Wildman–Crippen LogP) is 2.03. The molecule has 0 fully saturated rings. The fraction of sp³-hybridized carbons (Fsp3) is 0.300. The molecule has 14 heavy (non-hydrogen) atoms. The van der Waals surface area contributed by atoms with E-state index in [0.717, 1.165) is 5.56 Å². The lowest BCUT2D eigenvalue weighted by Crippen LogP contribution is -2.27. The van der Waals surface area contributed by atoms with E-state index >= 15 is 0 Å². The van der Waals surface area contributed by atoms with Crippen LogP contribution in [0.2, 0.25) is 5.02 Å². The molecule has 0 amide bonds. The zero-order chi connectivity index (χ0) is 10.7. The second-order valence-electron chi connectivity index (χ2n) is 3.26. The lowest BCUT2D eigenvalue weighted by atomic mass is 10.1. The Bertz CT molecular complexity index is 321. The standard InChI is InChI=1S/C10H12ClNO2/c1-12(2)9(10(13)14)7-3-5-8(11)6-4-7/h3-6,9H,1-2H3,(H,13,14). The Labute approximate surface area is 87.9 Å². The molecule has 0 aliphatic rings. The summed E-state index contributed by atoms with van der Waals surface area (Å²) in [5, 5.41) is 9.60. The maximum Gasteiger partial charge on any atom is 0.325 e. The number of nitrogens with zero attached hydrogens (tertiary/aromatic N) is 1. The quantitative estimate of drug-likeness (QED) is 0.835. The van der Waals surface area contributed by atoms with Gasteiger partial charge in [-0.3, -0.25) is 9.69 Å². The number of rotatable bonds is 3. The third-order valence-electron chi connectivity index (χ3n) is 1.94. The highest BCUT2D eigenvalue weighted by Crippen LogP contribution is 2.20. The van der Waals surface area contributed by atoms with Gasteiger partial charge < -0.3 is 5.11 Å². The van der Waals surface area contributed by atoms with Crippen LogP contribution in [0.15, 0.2) is 24.3 Å². The smallest absolute Gasteiger partial charge is 0.325 e. The summed E-state index contributed by atoms with van der Waals surface area (Å²) in [6.45, 7) is 0. The van der Waals surface area contributed by atoms with Crippen molar-refractivity contribution in [2.45, 2.75) is 6.04 Å². The van der Waals surface area contributed by atoms with Crippen LogP contribution in [0.4, 0.5) is 0 Å². The Morgan fingerprint density at radius 3 is 2.21 bits per heavy atom. The molecule has 0 aliphatic carbocycles. The van der Waals surface area contributed by atoms with Crippen molar-refractivity contribution >= 4 is 17.6 Å². The van der Waals surface area contributed by atoms with E-state index in [0.29, 0.717) is 5.02 Å². The van der Waals surface area contributed by atoms with Gasteiger partial charge in [0.05, 0.1) is 0 Å². The van der Waals surface area contributed by atoms with Crippen molar-refractivity contribution in [2.24, 2.45) is 0 Å². The number of benzene rings is 1. The molecule has 1 atom stereocenters.